The van der Waals surface area contributed by atoms with E-state index in [0.717, 1.165) is 0 Å². The summed E-state index contributed by atoms with van der Waals surface area (Å²) >= 11 is 0. The molecular formula is C8H12N2O3. The Balaban J connectivity index is 2.88. The molecule has 0 fully saturated rings. The van der Waals surface area contributed by atoms with Crippen molar-refractivity contribution < 1.29 is 9.94 Å². The first-order valence-electron chi connectivity index (χ1n) is 3.79. The highest BCUT2D eigenvalue weighted by molar-refractivity contribution is 5.11. The maximum Gasteiger partial charge on any atom is 0.248 e. The van der Waals surface area contributed by atoms with Gasteiger partial charge in [-0.15, -0.1) is 0 Å². The second kappa shape index (κ2) is 4.18. The Bertz CT molecular complexity index is 323. The molecule has 1 aromatic rings. The first kappa shape index (κ1) is 9.91. The predicted molar refractivity (Wildman–Crippen MR) is 46.8 cm³/mol. The van der Waals surface area contributed by atoms with E-state index in [0.29, 0.717) is 5.56 Å². The van der Waals surface area contributed by atoms with E-state index in [1.54, 1.807) is 13.1 Å². The van der Waals surface area contributed by atoms with Gasteiger partial charge in [-0.25, -0.2) is 0 Å². The van der Waals surface area contributed by atoms with Crippen LogP contribution in [0, 0.1) is 0 Å². The molecule has 0 amide bonds. The lowest BCUT2D eigenvalue weighted by Gasteiger charge is -2.20. The molecule has 5 heteroatoms. The van der Waals surface area contributed by atoms with Crippen molar-refractivity contribution in [2.75, 3.05) is 14.2 Å². The predicted octanol–water partition coefficient (Wildman–Crippen LogP) is -0.141. The van der Waals surface area contributed by atoms with Crippen LogP contribution in [-0.2, 0) is 4.84 Å². The molecule has 1 aromatic heterocycles. The molecule has 13 heavy (non-hydrogen) atoms. The zero-order valence-electron chi connectivity index (χ0n) is 7.52. The number of aliphatic hydroxyl groups excluding tert-OH is 1. The van der Waals surface area contributed by atoms with Crippen molar-refractivity contribution in [3.05, 3.63) is 34.2 Å². The fourth-order valence-electron chi connectivity index (χ4n) is 0.932. The minimum atomic E-state index is -0.924. The normalized spacial score (nSPS) is 13.2. The Morgan fingerprint density at radius 1 is 1.69 bits per heavy atom. The summed E-state index contributed by atoms with van der Waals surface area (Å²) in [5.41, 5.74) is 0.245. The molecule has 0 aliphatic rings. The fourth-order valence-corrected chi connectivity index (χ4v) is 0.932. The Morgan fingerprint density at radius 2 is 2.38 bits per heavy atom. The second-order valence-corrected chi connectivity index (χ2v) is 2.59. The number of aromatic nitrogens is 1. The molecule has 1 unspecified atom stereocenters. The van der Waals surface area contributed by atoms with Gasteiger partial charge in [0.15, 0.2) is 6.23 Å². The molecular weight excluding hydrogens is 172 g/mol. The summed E-state index contributed by atoms with van der Waals surface area (Å²) in [5, 5.41) is 10.8. The number of aromatic amines is 1. The number of hydrogen-bond donors (Lipinski definition) is 2. The second-order valence-electron chi connectivity index (χ2n) is 2.59. The first-order chi connectivity index (χ1) is 6.15. The minimum Gasteiger partial charge on any atom is -0.372 e. The molecule has 1 atom stereocenters. The van der Waals surface area contributed by atoms with Crippen LogP contribution in [0.3, 0.4) is 0 Å². The summed E-state index contributed by atoms with van der Waals surface area (Å²) in [6.07, 6.45) is 0.553. The van der Waals surface area contributed by atoms with Gasteiger partial charge in [0, 0.05) is 24.9 Å². The Hall–Kier alpha value is -1.17. The molecule has 1 rings (SSSR count). The molecule has 5 nitrogen and oxygen atoms in total. The average molecular weight is 184 g/mol. The topological polar surface area (TPSA) is 65.6 Å². The van der Waals surface area contributed by atoms with Crippen molar-refractivity contribution in [2.45, 2.75) is 6.23 Å². The van der Waals surface area contributed by atoms with Gasteiger partial charge < -0.3 is 10.1 Å². The van der Waals surface area contributed by atoms with Crippen molar-refractivity contribution in [1.82, 2.24) is 10.0 Å². The zero-order chi connectivity index (χ0) is 9.84. The van der Waals surface area contributed by atoms with E-state index in [9.17, 15) is 9.90 Å². The van der Waals surface area contributed by atoms with Gasteiger partial charge in [-0.1, -0.05) is 0 Å². The molecule has 0 saturated carbocycles. The van der Waals surface area contributed by atoms with Crippen LogP contribution in [0.15, 0.2) is 23.1 Å². The van der Waals surface area contributed by atoms with Crippen molar-refractivity contribution in [1.29, 1.82) is 0 Å². The molecule has 72 valence electrons. The molecule has 0 bridgehead atoms. The van der Waals surface area contributed by atoms with E-state index in [1.165, 1.54) is 24.4 Å². The third-order valence-corrected chi connectivity index (χ3v) is 1.73. The highest BCUT2D eigenvalue weighted by Crippen LogP contribution is 2.12. The van der Waals surface area contributed by atoms with Crippen molar-refractivity contribution in [2.24, 2.45) is 0 Å². The molecule has 0 aliphatic heterocycles. The van der Waals surface area contributed by atoms with Gasteiger partial charge in [0.05, 0.1) is 7.11 Å². The summed E-state index contributed by atoms with van der Waals surface area (Å²) in [6.45, 7) is 0. The lowest BCUT2D eigenvalue weighted by Crippen LogP contribution is -2.24. The molecule has 0 saturated heterocycles. The summed E-state index contributed by atoms with van der Waals surface area (Å²) in [4.78, 5) is 18.1. The molecule has 1 heterocycles. The number of hydrogen-bond acceptors (Lipinski definition) is 4. The van der Waals surface area contributed by atoms with E-state index in [4.69, 9.17) is 4.84 Å². The molecule has 2 N–H and O–H groups in total. The number of aliphatic hydroxyl groups is 1. The standard InChI is InChI=1S/C8H12N2O3/c1-10(13-2)8(12)6-3-4-9-7(11)5-6/h3-5,8,12H,1-2H3,(H,9,11). The summed E-state index contributed by atoms with van der Waals surface area (Å²) in [5.74, 6) is 0. The van der Waals surface area contributed by atoms with Gasteiger partial charge >= 0.3 is 0 Å². The maximum atomic E-state index is 10.9. The summed E-state index contributed by atoms with van der Waals surface area (Å²) < 4.78 is 0. The third kappa shape index (κ3) is 2.38. The SMILES string of the molecule is CON(C)C(O)c1cc[nH]c(=O)c1. The van der Waals surface area contributed by atoms with E-state index in [1.807, 2.05) is 0 Å². The van der Waals surface area contributed by atoms with Crippen LogP contribution in [-0.4, -0.2) is 29.3 Å². The number of nitrogens with zero attached hydrogens (tertiary/aromatic N) is 1. The number of rotatable bonds is 3. The van der Waals surface area contributed by atoms with Gasteiger partial charge in [0.25, 0.3) is 0 Å². The lowest BCUT2D eigenvalue weighted by molar-refractivity contribution is -0.206. The molecule has 0 aromatic carbocycles. The highest BCUT2D eigenvalue weighted by atomic mass is 16.7. The van der Waals surface area contributed by atoms with Crippen molar-refractivity contribution >= 4 is 0 Å². The zero-order valence-corrected chi connectivity index (χ0v) is 7.52. The number of H-pyrrole nitrogens is 1. The third-order valence-electron chi connectivity index (χ3n) is 1.73. The van der Waals surface area contributed by atoms with Crippen LogP contribution >= 0.6 is 0 Å². The Morgan fingerprint density at radius 3 is 2.92 bits per heavy atom. The Labute approximate surface area is 75.5 Å². The van der Waals surface area contributed by atoms with E-state index < -0.39 is 6.23 Å². The Kier molecular flexibility index (Phi) is 3.18. The number of nitrogens with one attached hydrogen (secondary N) is 1. The maximum absolute atomic E-state index is 10.9. The van der Waals surface area contributed by atoms with Crippen LogP contribution in [0.4, 0.5) is 0 Å². The summed E-state index contributed by atoms with van der Waals surface area (Å²) in [7, 11) is 3.02. The van der Waals surface area contributed by atoms with E-state index >= 15 is 0 Å². The van der Waals surface area contributed by atoms with Gasteiger partial charge in [0.1, 0.15) is 0 Å². The molecule has 0 radical (unpaired) electrons. The number of hydroxylamine groups is 2. The number of pyridine rings is 1. The highest BCUT2D eigenvalue weighted by Gasteiger charge is 2.12. The van der Waals surface area contributed by atoms with E-state index in [2.05, 4.69) is 4.98 Å². The van der Waals surface area contributed by atoms with Crippen LogP contribution in [0.1, 0.15) is 11.8 Å². The lowest BCUT2D eigenvalue weighted by atomic mass is 10.2. The summed E-state index contributed by atoms with van der Waals surface area (Å²) in [6, 6.07) is 2.93. The van der Waals surface area contributed by atoms with Crippen molar-refractivity contribution in [3.8, 4) is 0 Å². The quantitative estimate of drug-likeness (QED) is 0.507. The van der Waals surface area contributed by atoms with Crippen LogP contribution in [0.5, 0.6) is 0 Å². The first-order valence-corrected chi connectivity index (χ1v) is 3.79. The van der Waals surface area contributed by atoms with E-state index in [-0.39, 0.29) is 5.56 Å². The van der Waals surface area contributed by atoms with Gasteiger partial charge in [-0.05, 0) is 6.07 Å². The van der Waals surface area contributed by atoms with Crippen LogP contribution < -0.4 is 5.56 Å². The minimum absolute atomic E-state index is 0.249. The van der Waals surface area contributed by atoms with Crippen molar-refractivity contribution in [3.63, 3.8) is 0 Å². The molecule has 0 aliphatic carbocycles. The largest absolute Gasteiger partial charge is 0.372 e. The molecule has 0 spiro atoms. The smallest absolute Gasteiger partial charge is 0.248 e. The average Bonchev–Trinajstić information content (AvgIpc) is 2.15. The van der Waals surface area contributed by atoms with Crippen LogP contribution in [0.2, 0.25) is 0 Å². The fraction of sp³-hybridized carbons (Fsp3) is 0.375. The van der Waals surface area contributed by atoms with Gasteiger partial charge in [-0.3, -0.25) is 9.63 Å². The van der Waals surface area contributed by atoms with Gasteiger partial charge in [-0.2, -0.15) is 5.06 Å². The van der Waals surface area contributed by atoms with Gasteiger partial charge in [0.2, 0.25) is 5.56 Å². The van der Waals surface area contributed by atoms with Crippen LogP contribution in [0.25, 0.3) is 0 Å². The monoisotopic (exact) mass is 184 g/mol.